The summed E-state index contributed by atoms with van der Waals surface area (Å²) >= 11 is 0. The minimum absolute atomic E-state index is 0.0848. The number of hydrogen-bond acceptors (Lipinski definition) is 6. The average molecular weight is 307 g/mol. The van der Waals surface area contributed by atoms with Crippen LogP contribution in [0.2, 0.25) is 0 Å². The maximum absolute atomic E-state index is 12.7. The Morgan fingerprint density at radius 2 is 2.05 bits per heavy atom. The summed E-state index contributed by atoms with van der Waals surface area (Å²) in [5, 5.41) is 6.68. The molecular weight excluding hydrogens is 286 g/mol. The second kappa shape index (κ2) is 5.05. The molecule has 0 unspecified atom stereocenters. The number of hydrogen-bond donors (Lipinski definition) is 1. The summed E-state index contributed by atoms with van der Waals surface area (Å²) in [6.07, 6.45) is 0.595. The molecule has 0 aromatic carbocycles. The van der Waals surface area contributed by atoms with Gasteiger partial charge in [-0.2, -0.15) is 4.98 Å². The number of aromatic nitrogens is 2. The van der Waals surface area contributed by atoms with Gasteiger partial charge in [0.1, 0.15) is 5.54 Å². The zero-order valence-corrected chi connectivity index (χ0v) is 13.3. The minimum atomic E-state index is -0.815. The van der Waals surface area contributed by atoms with Crippen molar-refractivity contribution >= 4 is 11.9 Å². The highest BCUT2D eigenvalue weighted by atomic mass is 16.5. The molecule has 1 spiro atoms. The summed E-state index contributed by atoms with van der Waals surface area (Å²) in [5.41, 5.74) is -0.815. The van der Waals surface area contributed by atoms with Crippen LogP contribution in [-0.4, -0.2) is 56.5 Å². The number of rotatable bonds is 3. The van der Waals surface area contributed by atoms with Gasteiger partial charge in [-0.25, -0.2) is 4.79 Å². The molecule has 2 aliphatic heterocycles. The van der Waals surface area contributed by atoms with Crippen LogP contribution < -0.4 is 5.32 Å². The fourth-order valence-corrected chi connectivity index (χ4v) is 3.20. The van der Waals surface area contributed by atoms with Gasteiger partial charge in [0.15, 0.2) is 5.82 Å². The van der Waals surface area contributed by atoms with Crippen molar-refractivity contribution in [3.8, 4) is 0 Å². The lowest BCUT2D eigenvalue weighted by atomic mass is 9.98. The van der Waals surface area contributed by atoms with Gasteiger partial charge in [-0.05, 0) is 34.1 Å². The van der Waals surface area contributed by atoms with E-state index in [-0.39, 0.29) is 24.0 Å². The minimum Gasteiger partial charge on any atom is -0.338 e. The fourth-order valence-electron chi connectivity index (χ4n) is 3.20. The molecule has 2 saturated heterocycles. The number of amides is 3. The van der Waals surface area contributed by atoms with E-state index >= 15 is 0 Å². The molecule has 2 atom stereocenters. The molecule has 3 amide bonds. The van der Waals surface area contributed by atoms with E-state index < -0.39 is 5.54 Å². The molecule has 2 fully saturated rings. The summed E-state index contributed by atoms with van der Waals surface area (Å²) in [6.45, 7) is 8.57. The third-order valence-electron chi connectivity index (χ3n) is 4.46. The maximum atomic E-state index is 12.7. The molecule has 1 N–H and O–H groups in total. The van der Waals surface area contributed by atoms with Gasteiger partial charge >= 0.3 is 6.03 Å². The second-order valence-corrected chi connectivity index (χ2v) is 6.36. The van der Waals surface area contributed by atoms with Gasteiger partial charge in [-0.15, -0.1) is 0 Å². The molecule has 1 aromatic heterocycles. The Morgan fingerprint density at radius 1 is 1.32 bits per heavy atom. The Kier molecular flexibility index (Phi) is 3.43. The Morgan fingerprint density at radius 3 is 2.59 bits per heavy atom. The van der Waals surface area contributed by atoms with E-state index in [1.807, 2.05) is 20.8 Å². The van der Waals surface area contributed by atoms with Crippen molar-refractivity contribution in [3.63, 3.8) is 0 Å². The van der Waals surface area contributed by atoms with Crippen LogP contribution in [0.4, 0.5) is 4.79 Å². The molecule has 120 valence electrons. The normalized spacial score (nSPS) is 27.2. The summed E-state index contributed by atoms with van der Waals surface area (Å²) in [6, 6.07) is -0.529. The number of aryl methyl sites for hydroxylation is 1. The van der Waals surface area contributed by atoms with Crippen molar-refractivity contribution in [2.75, 3.05) is 13.1 Å². The largest absolute Gasteiger partial charge is 0.338 e. The molecule has 8 nitrogen and oxygen atoms in total. The standard InChI is InChI=1S/C14H21N5O3/c1-8(2)19-12(20)14(16-13(19)21)5-6-18(7-14)9(3)11-15-10(4)17-22-11/h8-9H,5-7H2,1-4H3,(H,16,21)/t9-,14-/m1/s1. The Balaban J connectivity index is 1.77. The molecule has 3 rings (SSSR count). The van der Waals surface area contributed by atoms with Gasteiger partial charge in [0.25, 0.3) is 5.91 Å². The number of nitrogens with one attached hydrogen (secondary N) is 1. The highest BCUT2D eigenvalue weighted by Crippen LogP contribution is 2.33. The van der Waals surface area contributed by atoms with Crippen LogP contribution in [0.3, 0.4) is 0 Å². The molecule has 3 heterocycles. The van der Waals surface area contributed by atoms with Crippen molar-refractivity contribution in [3.05, 3.63) is 11.7 Å². The Bertz CT molecular complexity index is 613. The highest BCUT2D eigenvalue weighted by molar-refractivity contribution is 6.07. The van der Waals surface area contributed by atoms with E-state index in [0.29, 0.717) is 31.2 Å². The molecule has 22 heavy (non-hydrogen) atoms. The van der Waals surface area contributed by atoms with E-state index in [1.54, 1.807) is 6.92 Å². The van der Waals surface area contributed by atoms with Crippen molar-refractivity contribution < 1.29 is 14.1 Å². The SMILES string of the molecule is Cc1noc([C@@H](C)N2CC[C@]3(C2)NC(=O)N(C(C)C)C3=O)n1. The topological polar surface area (TPSA) is 91.6 Å². The summed E-state index contributed by atoms with van der Waals surface area (Å²) < 4.78 is 5.21. The quantitative estimate of drug-likeness (QED) is 0.832. The molecule has 1 aromatic rings. The van der Waals surface area contributed by atoms with Crippen LogP contribution in [0, 0.1) is 6.92 Å². The zero-order chi connectivity index (χ0) is 16.1. The summed E-state index contributed by atoms with van der Waals surface area (Å²) in [5.74, 6) is 0.989. The Labute approximate surface area is 128 Å². The van der Waals surface area contributed by atoms with Gasteiger partial charge in [-0.3, -0.25) is 14.6 Å². The van der Waals surface area contributed by atoms with Crippen LogP contribution in [-0.2, 0) is 4.79 Å². The van der Waals surface area contributed by atoms with Gasteiger partial charge < -0.3 is 9.84 Å². The molecule has 0 aliphatic carbocycles. The van der Waals surface area contributed by atoms with E-state index in [2.05, 4.69) is 20.4 Å². The number of nitrogens with zero attached hydrogens (tertiary/aromatic N) is 4. The predicted molar refractivity (Wildman–Crippen MR) is 76.9 cm³/mol. The van der Waals surface area contributed by atoms with E-state index in [0.717, 1.165) is 0 Å². The van der Waals surface area contributed by atoms with Crippen LogP contribution >= 0.6 is 0 Å². The number of urea groups is 1. The number of imide groups is 1. The molecule has 2 aliphatic rings. The average Bonchev–Trinajstić information content (AvgIpc) is 3.10. The van der Waals surface area contributed by atoms with Gasteiger partial charge in [0, 0.05) is 19.1 Å². The Hall–Kier alpha value is -1.96. The van der Waals surface area contributed by atoms with Crippen LogP contribution in [0.15, 0.2) is 4.52 Å². The van der Waals surface area contributed by atoms with Gasteiger partial charge in [0.2, 0.25) is 5.89 Å². The second-order valence-electron chi connectivity index (χ2n) is 6.36. The highest BCUT2D eigenvalue weighted by Gasteiger charge is 2.56. The van der Waals surface area contributed by atoms with Crippen LogP contribution in [0.1, 0.15) is 44.9 Å². The molecule has 0 saturated carbocycles. The summed E-state index contributed by atoms with van der Waals surface area (Å²) in [7, 11) is 0. The van der Waals surface area contributed by atoms with Crippen molar-refractivity contribution in [1.29, 1.82) is 0 Å². The molecule has 0 bridgehead atoms. The predicted octanol–water partition coefficient (Wildman–Crippen LogP) is 0.844. The lowest BCUT2D eigenvalue weighted by molar-refractivity contribution is -0.132. The molecule has 8 heteroatoms. The maximum Gasteiger partial charge on any atom is 0.325 e. The first kappa shape index (κ1) is 15.0. The monoisotopic (exact) mass is 307 g/mol. The third-order valence-corrected chi connectivity index (χ3v) is 4.46. The number of carbonyl (C=O) groups excluding carboxylic acids is 2. The van der Waals surface area contributed by atoms with Crippen molar-refractivity contribution in [2.24, 2.45) is 0 Å². The van der Waals surface area contributed by atoms with Crippen LogP contribution in [0.25, 0.3) is 0 Å². The smallest absolute Gasteiger partial charge is 0.325 e. The van der Waals surface area contributed by atoms with Gasteiger partial charge in [-0.1, -0.05) is 5.16 Å². The first-order valence-corrected chi connectivity index (χ1v) is 7.54. The number of carbonyl (C=O) groups is 2. The van der Waals surface area contributed by atoms with Crippen LogP contribution in [0.5, 0.6) is 0 Å². The number of likely N-dealkylation sites (tertiary alicyclic amines) is 1. The molecular formula is C14H21N5O3. The van der Waals surface area contributed by atoms with E-state index in [1.165, 1.54) is 4.90 Å². The molecule has 0 radical (unpaired) electrons. The lowest BCUT2D eigenvalue weighted by Gasteiger charge is -2.25. The first-order chi connectivity index (χ1) is 10.3. The van der Waals surface area contributed by atoms with Crippen molar-refractivity contribution in [2.45, 2.75) is 51.7 Å². The van der Waals surface area contributed by atoms with E-state index in [9.17, 15) is 9.59 Å². The lowest BCUT2D eigenvalue weighted by Crippen LogP contribution is -2.49. The fraction of sp³-hybridized carbons (Fsp3) is 0.714. The zero-order valence-electron chi connectivity index (χ0n) is 13.3. The van der Waals surface area contributed by atoms with Crippen molar-refractivity contribution in [1.82, 2.24) is 25.3 Å². The first-order valence-electron chi connectivity index (χ1n) is 7.54. The van der Waals surface area contributed by atoms with Gasteiger partial charge in [0.05, 0.1) is 6.04 Å². The van der Waals surface area contributed by atoms with E-state index in [4.69, 9.17) is 4.52 Å². The summed E-state index contributed by atoms with van der Waals surface area (Å²) in [4.78, 5) is 32.4. The third kappa shape index (κ3) is 2.18.